The summed E-state index contributed by atoms with van der Waals surface area (Å²) < 4.78 is 7.27. The number of aryl methyl sites for hydroxylation is 1. The van der Waals surface area contributed by atoms with Crippen LogP contribution in [0.3, 0.4) is 0 Å². The number of halogens is 1. The minimum Gasteiger partial charge on any atom is -0.441 e. The Hall–Kier alpha value is -1.80. The number of rotatable bonds is 5. The summed E-state index contributed by atoms with van der Waals surface area (Å²) in [7, 11) is 3.96. The Morgan fingerprint density at radius 3 is 2.65 bits per heavy atom. The lowest BCUT2D eigenvalue weighted by atomic mass is 9.91. The van der Waals surface area contributed by atoms with Crippen molar-refractivity contribution in [2.24, 2.45) is 0 Å². The molecule has 1 spiro atoms. The fourth-order valence-corrected chi connectivity index (χ4v) is 3.57. The van der Waals surface area contributed by atoms with Crippen LogP contribution in [0.25, 0.3) is 0 Å². The lowest BCUT2D eigenvalue weighted by Crippen LogP contribution is -2.49. The van der Waals surface area contributed by atoms with Crippen molar-refractivity contribution in [1.82, 2.24) is 24.5 Å². The van der Waals surface area contributed by atoms with E-state index in [1.807, 2.05) is 30.8 Å². The summed E-state index contributed by atoms with van der Waals surface area (Å²) in [6.07, 6.45) is 2.76. The molecule has 0 bridgehead atoms. The van der Waals surface area contributed by atoms with E-state index in [-0.39, 0.29) is 18.5 Å². The van der Waals surface area contributed by atoms with Gasteiger partial charge in [-0.3, -0.25) is 9.48 Å². The zero-order valence-corrected chi connectivity index (χ0v) is 16.3. The highest BCUT2D eigenvalue weighted by Gasteiger charge is 2.47. The molecular formula is C17H26ClN5O3. The van der Waals surface area contributed by atoms with Gasteiger partial charge in [0.25, 0.3) is 0 Å². The molecule has 0 aliphatic carbocycles. The molecule has 1 aromatic rings. The fraction of sp³-hybridized carbons (Fsp3) is 0.706. The van der Waals surface area contributed by atoms with Gasteiger partial charge in [-0.1, -0.05) is 11.6 Å². The fourth-order valence-electron chi connectivity index (χ4n) is 3.42. The van der Waals surface area contributed by atoms with E-state index in [0.717, 1.165) is 6.54 Å². The summed E-state index contributed by atoms with van der Waals surface area (Å²) >= 11 is 5.99. The first-order valence-corrected chi connectivity index (χ1v) is 9.26. The van der Waals surface area contributed by atoms with E-state index in [4.69, 9.17) is 16.3 Å². The first-order chi connectivity index (χ1) is 12.3. The van der Waals surface area contributed by atoms with Gasteiger partial charge in [0.2, 0.25) is 5.91 Å². The quantitative estimate of drug-likeness (QED) is 0.764. The largest absolute Gasteiger partial charge is 0.441 e. The van der Waals surface area contributed by atoms with E-state index in [1.165, 1.54) is 0 Å². The Labute approximate surface area is 158 Å². The van der Waals surface area contributed by atoms with Gasteiger partial charge in [0.1, 0.15) is 12.1 Å². The molecule has 0 unspecified atom stereocenters. The van der Waals surface area contributed by atoms with Crippen LogP contribution in [0.4, 0.5) is 4.79 Å². The summed E-state index contributed by atoms with van der Waals surface area (Å²) in [5, 5.41) is 4.79. The number of nitrogens with zero attached hydrogens (tertiary/aromatic N) is 5. The van der Waals surface area contributed by atoms with Crippen molar-refractivity contribution < 1.29 is 14.3 Å². The van der Waals surface area contributed by atoms with Gasteiger partial charge in [0, 0.05) is 45.2 Å². The molecule has 2 aliphatic rings. The molecule has 2 amide bonds. The predicted molar refractivity (Wildman–Crippen MR) is 97.1 cm³/mol. The standard InChI is InChI=1S/C17H26ClN5O3/c1-13-14(18)10-23(19-13)11-15(24)21-6-4-17(5-7-21)12-22(16(25)26-17)9-8-20(2)3/h10H,4-9,11-12H2,1-3H3. The molecule has 0 atom stereocenters. The van der Waals surface area contributed by atoms with Crippen molar-refractivity contribution in [2.45, 2.75) is 31.9 Å². The Balaban J connectivity index is 1.52. The number of hydrogen-bond donors (Lipinski definition) is 0. The molecule has 2 fully saturated rings. The number of aromatic nitrogens is 2. The number of likely N-dealkylation sites (N-methyl/N-ethyl adjacent to an activating group) is 1. The third-order valence-electron chi connectivity index (χ3n) is 5.07. The average molecular weight is 384 g/mol. The van der Waals surface area contributed by atoms with Crippen LogP contribution in [-0.2, 0) is 16.1 Å². The first kappa shape index (κ1) is 19.0. The van der Waals surface area contributed by atoms with Crippen LogP contribution < -0.4 is 0 Å². The highest BCUT2D eigenvalue weighted by molar-refractivity contribution is 6.31. The van der Waals surface area contributed by atoms with E-state index in [1.54, 1.807) is 15.8 Å². The number of ether oxygens (including phenoxy) is 1. The molecule has 0 radical (unpaired) electrons. The highest BCUT2D eigenvalue weighted by Crippen LogP contribution is 2.33. The maximum Gasteiger partial charge on any atom is 0.410 e. The normalized spacial score (nSPS) is 19.5. The number of hydrogen-bond acceptors (Lipinski definition) is 5. The van der Waals surface area contributed by atoms with Crippen LogP contribution in [0.1, 0.15) is 18.5 Å². The van der Waals surface area contributed by atoms with Gasteiger partial charge in [0.05, 0.1) is 17.3 Å². The molecule has 2 aliphatic heterocycles. The van der Waals surface area contributed by atoms with Gasteiger partial charge < -0.3 is 19.4 Å². The van der Waals surface area contributed by atoms with Gasteiger partial charge in [-0.2, -0.15) is 5.10 Å². The van der Waals surface area contributed by atoms with Crippen molar-refractivity contribution in [3.8, 4) is 0 Å². The smallest absolute Gasteiger partial charge is 0.410 e. The lowest BCUT2D eigenvalue weighted by molar-refractivity contribution is -0.135. The Bertz CT molecular complexity index is 662. The number of carbonyl (C=O) groups is 2. The SMILES string of the molecule is Cc1nn(CC(=O)N2CCC3(CC2)CN(CCN(C)C)C(=O)O3)cc1Cl. The summed E-state index contributed by atoms with van der Waals surface area (Å²) in [5.41, 5.74) is 0.263. The van der Waals surface area contributed by atoms with Gasteiger partial charge in [-0.15, -0.1) is 0 Å². The number of piperidine rings is 1. The van der Waals surface area contributed by atoms with Gasteiger partial charge >= 0.3 is 6.09 Å². The second-order valence-corrected chi connectivity index (χ2v) is 7.82. The Morgan fingerprint density at radius 1 is 1.38 bits per heavy atom. The minimum absolute atomic E-state index is 0.00723. The molecule has 144 valence electrons. The van der Waals surface area contributed by atoms with E-state index in [0.29, 0.717) is 49.7 Å². The molecule has 0 aromatic carbocycles. The summed E-state index contributed by atoms with van der Waals surface area (Å²) in [6.45, 7) is 5.23. The number of carbonyl (C=O) groups excluding carboxylic acids is 2. The monoisotopic (exact) mass is 383 g/mol. The first-order valence-electron chi connectivity index (χ1n) is 8.88. The maximum atomic E-state index is 12.5. The van der Waals surface area contributed by atoms with Crippen molar-refractivity contribution in [3.05, 3.63) is 16.9 Å². The van der Waals surface area contributed by atoms with E-state index in [9.17, 15) is 9.59 Å². The Morgan fingerprint density at radius 2 is 2.08 bits per heavy atom. The molecule has 0 saturated carbocycles. The van der Waals surface area contributed by atoms with Crippen molar-refractivity contribution in [1.29, 1.82) is 0 Å². The molecule has 9 heteroatoms. The predicted octanol–water partition coefficient (Wildman–Crippen LogP) is 1.22. The average Bonchev–Trinajstić information content (AvgIpc) is 3.05. The third-order valence-corrected chi connectivity index (χ3v) is 5.44. The second-order valence-electron chi connectivity index (χ2n) is 7.42. The van der Waals surface area contributed by atoms with E-state index >= 15 is 0 Å². The zero-order chi connectivity index (χ0) is 18.9. The van der Waals surface area contributed by atoms with Crippen molar-refractivity contribution in [2.75, 3.05) is 46.8 Å². The zero-order valence-electron chi connectivity index (χ0n) is 15.6. The highest BCUT2D eigenvalue weighted by atomic mass is 35.5. The van der Waals surface area contributed by atoms with Gasteiger partial charge in [-0.05, 0) is 21.0 Å². The number of amides is 2. The topological polar surface area (TPSA) is 70.9 Å². The van der Waals surface area contributed by atoms with Crippen LogP contribution in [0.15, 0.2) is 6.20 Å². The van der Waals surface area contributed by atoms with Crippen molar-refractivity contribution in [3.63, 3.8) is 0 Å². The molecule has 8 nitrogen and oxygen atoms in total. The summed E-state index contributed by atoms with van der Waals surface area (Å²) in [6, 6.07) is 0. The van der Waals surface area contributed by atoms with Crippen LogP contribution in [0.5, 0.6) is 0 Å². The second kappa shape index (κ2) is 7.44. The minimum atomic E-state index is -0.453. The molecular weight excluding hydrogens is 358 g/mol. The number of likely N-dealkylation sites (tertiary alicyclic amines) is 1. The lowest BCUT2D eigenvalue weighted by Gasteiger charge is -2.37. The maximum absolute atomic E-state index is 12.5. The summed E-state index contributed by atoms with van der Waals surface area (Å²) in [5.74, 6) is 0.00723. The van der Waals surface area contributed by atoms with Crippen LogP contribution in [0.2, 0.25) is 5.02 Å². The molecule has 3 rings (SSSR count). The van der Waals surface area contributed by atoms with Crippen molar-refractivity contribution >= 4 is 23.6 Å². The molecule has 0 N–H and O–H groups in total. The third kappa shape index (κ3) is 4.12. The van der Waals surface area contributed by atoms with Crippen LogP contribution in [-0.4, -0.2) is 88.9 Å². The Kier molecular flexibility index (Phi) is 5.43. The van der Waals surface area contributed by atoms with E-state index in [2.05, 4.69) is 5.10 Å². The molecule has 1 aromatic heterocycles. The van der Waals surface area contributed by atoms with E-state index < -0.39 is 5.60 Å². The van der Waals surface area contributed by atoms with Crippen LogP contribution >= 0.6 is 11.6 Å². The van der Waals surface area contributed by atoms with Gasteiger partial charge in [-0.25, -0.2) is 4.79 Å². The van der Waals surface area contributed by atoms with Crippen LogP contribution in [0, 0.1) is 6.92 Å². The molecule has 3 heterocycles. The molecule has 2 saturated heterocycles. The summed E-state index contributed by atoms with van der Waals surface area (Å²) in [4.78, 5) is 30.3. The van der Waals surface area contributed by atoms with Gasteiger partial charge in [0.15, 0.2) is 0 Å². The molecule has 26 heavy (non-hydrogen) atoms.